The predicted molar refractivity (Wildman–Crippen MR) is 173 cm³/mol. The van der Waals surface area contributed by atoms with E-state index in [1.807, 2.05) is 40.0 Å². The number of pyridine rings is 1. The molecule has 0 spiro atoms. The number of carbonyl (C=O) groups is 1. The molecule has 1 N–H and O–H groups in total. The van der Waals surface area contributed by atoms with Crippen LogP contribution in [-0.2, 0) is 24.9 Å². The first-order chi connectivity index (χ1) is 21.0. The number of carboxylic acids is 1. The lowest BCUT2D eigenvalue weighted by molar-refractivity contribution is -0.147. The van der Waals surface area contributed by atoms with E-state index in [0.29, 0.717) is 6.54 Å². The molecule has 6 rings (SSSR count). The second-order valence-corrected chi connectivity index (χ2v) is 12.9. The molecular weight excluding hydrogens is 550 g/mol. The Morgan fingerprint density at radius 2 is 1.86 bits per heavy atom. The number of fused-ring (bicyclic) bond motifs is 3. The molecule has 5 aromatic rings. The average molecular weight is 592 g/mol. The third-order valence-electron chi connectivity index (χ3n) is 9.44. The van der Waals surface area contributed by atoms with Crippen LogP contribution in [0.1, 0.15) is 72.1 Å². The number of hydrogen-bond donors (Lipinski definition) is 1. The molecule has 0 saturated carbocycles. The van der Waals surface area contributed by atoms with Gasteiger partial charge in [0.25, 0.3) is 0 Å². The summed E-state index contributed by atoms with van der Waals surface area (Å²) in [5.74, 6) is -0.504. The van der Waals surface area contributed by atoms with Gasteiger partial charge in [-0.3, -0.25) is 9.69 Å². The van der Waals surface area contributed by atoms with Crippen LogP contribution in [0.5, 0.6) is 5.88 Å². The zero-order valence-corrected chi connectivity index (χ0v) is 26.7. The molecule has 0 amide bonds. The molecule has 0 radical (unpaired) electrons. The minimum absolute atomic E-state index is 0.0220. The van der Waals surface area contributed by atoms with Crippen LogP contribution in [-0.4, -0.2) is 48.6 Å². The largest absolute Gasteiger partial charge is 0.481 e. The quantitative estimate of drug-likeness (QED) is 0.221. The van der Waals surface area contributed by atoms with Crippen molar-refractivity contribution in [3.63, 3.8) is 0 Å². The second-order valence-electron chi connectivity index (χ2n) is 12.9. The van der Waals surface area contributed by atoms with E-state index in [1.54, 1.807) is 4.68 Å². The van der Waals surface area contributed by atoms with Crippen molar-refractivity contribution in [3.8, 4) is 5.88 Å². The fourth-order valence-electron chi connectivity index (χ4n) is 6.66. The lowest BCUT2D eigenvalue weighted by atomic mass is 9.69. The maximum Gasteiger partial charge on any atom is 0.310 e. The van der Waals surface area contributed by atoms with E-state index in [2.05, 4.69) is 78.4 Å². The summed E-state index contributed by atoms with van der Waals surface area (Å²) in [6, 6.07) is 19.0. The topological polar surface area (TPSA) is 93.4 Å². The molecule has 0 bridgehead atoms. The smallest absolute Gasteiger partial charge is 0.310 e. The maximum atomic E-state index is 12.7. The molecule has 3 heterocycles. The Balaban J connectivity index is 1.40. The number of aliphatic carboxylic acids is 1. The molecule has 2 aromatic heterocycles. The number of ether oxygens (including phenoxy) is 1. The van der Waals surface area contributed by atoms with E-state index < -0.39 is 11.4 Å². The van der Waals surface area contributed by atoms with E-state index in [4.69, 9.17) is 9.72 Å². The first-order valence-corrected chi connectivity index (χ1v) is 15.4. The normalized spacial score (nSPS) is 16.5. The Labute approximate surface area is 258 Å². The Morgan fingerprint density at radius 1 is 1.07 bits per heavy atom. The minimum Gasteiger partial charge on any atom is -0.481 e. The molecule has 0 saturated heterocycles. The van der Waals surface area contributed by atoms with E-state index in [-0.39, 0.29) is 12.0 Å². The molecule has 228 valence electrons. The van der Waals surface area contributed by atoms with Crippen molar-refractivity contribution >= 4 is 27.9 Å². The third-order valence-corrected chi connectivity index (χ3v) is 9.44. The summed E-state index contributed by atoms with van der Waals surface area (Å²) in [6.45, 7) is 14.2. The SMILES string of the molecule is CC[C@@H]1CN(Cc2cc(C(c3ccc4c(nnn4C)c3C)C(C)(C)C(=O)O)ccc2C)Cc2cc3cccc(C)c3nc2O1. The Bertz CT molecular complexity index is 1890. The molecule has 44 heavy (non-hydrogen) atoms. The van der Waals surface area contributed by atoms with Gasteiger partial charge in [-0.1, -0.05) is 54.6 Å². The minimum atomic E-state index is -1.07. The standard InChI is InChI=1S/C36H41N5O3/c1-8-28-20-41(19-27-17-25-11-9-10-22(3)32(25)37-34(27)44-28)18-26-16-24(13-12-21(26)2)31(36(5,6)35(42)43)29-14-15-30-33(23(29)4)38-39-40(30)7/h9-17,28,31H,8,18-20H2,1-7H3,(H,42,43)/t28-,31?/m1/s1. The first-order valence-electron chi connectivity index (χ1n) is 15.4. The fourth-order valence-corrected chi connectivity index (χ4v) is 6.66. The van der Waals surface area contributed by atoms with Crippen LogP contribution in [0.4, 0.5) is 0 Å². The molecule has 0 fully saturated rings. The average Bonchev–Trinajstić information content (AvgIpc) is 3.27. The number of rotatable bonds is 7. The van der Waals surface area contributed by atoms with Crippen molar-refractivity contribution in [1.82, 2.24) is 24.9 Å². The van der Waals surface area contributed by atoms with Gasteiger partial charge in [0.05, 0.1) is 16.4 Å². The summed E-state index contributed by atoms with van der Waals surface area (Å²) in [4.78, 5) is 20.1. The number of aromatic nitrogens is 4. The van der Waals surface area contributed by atoms with Crippen LogP contribution < -0.4 is 4.74 Å². The summed E-state index contributed by atoms with van der Waals surface area (Å²) in [5.41, 5.74) is 9.11. The van der Waals surface area contributed by atoms with Crippen LogP contribution in [0, 0.1) is 26.2 Å². The Morgan fingerprint density at radius 3 is 2.61 bits per heavy atom. The van der Waals surface area contributed by atoms with Gasteiger partial charge in [-0.25, -0.2) is 9.67 Å². The van der Waals surface area contributed by atoms with Gasteiger partial charge >= 0.3 is 5.97 Å². The molecule has 2 atom stereocenters. The monoisotopic (exact) mass is 591 g/mol. The lowest BCUT2D eigenvalue weighted by Gasteiger charge is -2.33. The maximum absolute atomic E-state index is 12.7. The summed E-state index contributed by atoms with van der Waals surface area (Å²) in [6.07, 6.45) is 0.898. The second kappa shape index (κ2) is 11.3. The Hall–Kier alpha value is -4.30. The van der Waals surface area contributed by atoms with Gasteiger partial charge in [0, 0.05) is 43.5 Å². The highest BCUT2D eigenvalue weighted by atomic mass is 16.5. The molecular formula is C36H41N5O3. The third kappa shape index (κ3) is 5.21. The number of para-hydroxylation sites is 1. The number of hydrogen-bond acceptors (Lipinski definition) is 6. The molecule has 1 unspecified atom stereocenters. The van der Waals surface area contributed by atoms with E-state index >= 15 is 0 Å². The number of benzene rings is 3. The molecule has 8 heteroatoms. The van der Waals surface area contributed by atoms with Gasteiger partial charge in [-0.15, -0.1) is 5.10 Å². The highest BCUT2D eigenvalue weighted by Crippen LogP contribution is 2.44. The zero-order chi connectivity index (χ0) is 31.3. The van der Waals surface area contributed by atoms with Crippen LogP contribution in [0.15, 0.2) is 54.6 Å². The van der Waals surface area contributed by atoms with Crippen molar-refractivity contribution in [2.45, 2.75) is 73.1 Å². The summed E-state index contributed by atoms with van der Waals surface area (Å²) in [7, 11) is 1.87. The highest BCUT2D eigenvalue weighted by molar-refractivity contribution is 5.83. The summed E-state index contributed by atoms with van der Waals surface area (Å²) in [5, 5.41) is 20.2. The number of carboxylic acid groups (broad SMARTS) is 1. The van der Waals surface area contributed by atoms with E-state index in [1.165, 1.54) is 11.1 Å². The Kier molecular flexibility index (Phi) is 7.66. The first kappa shape index (κ1) is 29.8. The summed E-state index contributed by atoms with van der Waals surface area (Å²) < 4.78 is 8.23. The summed E-state index contributed by atoms with van der Waals surface area (Å²) >= 11 is 0. The van der Waals surface area contributed by atoms with Gasteiger partial charge in [0.1, 0.15) is 11.6 Å². The lowest BCUT2D eigenvalue weighted by Crippen LogP contribution is -2.33. The van der Waals surface area contributed by atoms with Gasteiger partial charge < -0.3 is 9.84 Å². The van der Waals surface area contributed by atoms with Gasteiger partial charge in [0.15, 0.2) is 0 Å². The zero-order valence-electron chi connectivity index (χ0n) is 26.7. The van der Waals surface area contributed by atoms with Gasteiger partial charge in [-0.05, 0) is 86.6 Å². The molecule has 3 aromatic carbocycles. The van der Waals surface area contributed by atoms with Gasteiger partial charge in [0.2, 0.25) is 5.88 Å². The van der Waals surface area contributed by atoms with Crippen LogP contribution in [0.2, 0.25) is 0 Å². The van der Waals surface area contributed by atoms with Crippen molar-refractivity contribution in [3.05, 3.63) is 93.5 Å². The van der Waals surface area contributed by atoms with Crippen molar-refractivity contribution in [2.75, 3.05) is 6.54 Å². The molecule has 1 aliphatic rings. The molecule has 1 aliphatic heterocycles. The molecule has 0 aliphatic carbocycles. The van der Waals surface area contributed by atoms with Crippen LogP contribution >= 0.6 is 0 Å². The fraction of sp³-hybridized carbons (Fsp3) is 0.389. The molecule has 8 nitrogen and oxygen atoms in total. The van der Waals surface area contributed by atoms with Crippen LogP contribution in [0.25, 0.3) is 21.9 Å². The van der Waals surface area contributed by atoms with E-state index in [0.717, 1.165) is 75.1 Å². The predicted octanol–water partition coefficient (Wildman–Crippen LogP) is 6.86. The number of nitrogens with zero attached hydrogens (tertiary/aromatic N) is 5. The van der Waals surface area contributed by atoms with E-state index in [9.17, 15) is 9.90 Å². The highest BCUT2D eigenvalue weighted by Gasteiger charge is 2.40. The van der Waals surface area contributed by atoms with Crippen molar-refractivity contribution in [1.29, 1.82) is 0 Å². The van der Waals surface area contributed by atoms with Gasteiger partial charge in [-0.2, -0.15) is 0 Å². The van der Waals surface area contributed by atoms with Crippen molar-refractivity contribution in [2.24, 2.45) is 12.5 Å². The van der Waals surface area contributed by atoms with Crippen LogP contribution in [0.3, 0.4) is 0 Å². The number of aryl methyl sites for hydroxylation is 4. The van der Waals surface area contributed by atoms with Crippen molar-refractivity contribution < 1.29 is 14.6 Å².